The number of fused-ring (bicyclic) bond motifs is 1. The number of ether oxygens (including phenoxy) is 1. The molecule has 4 rings (SSSR count). The third kappa shape index (κ3) is 4.52. The van der Waals surface area contributed by atoms with E-state index in [4.69, 9.17) is 4.74 Å². The lowest BCUT2D eigenvalue weighted by molar-refractivity contribution is -0.142. The first kappa shape index (κ1) is 23.0. The molecular weight excluding hydrogens is 459 g/mol. The summed E-state index contributed by atoms with van der Waals surface area (Å²) in [6, 6.07) is 4.54. The summed E-state index contributed by atoms with van der Waals surface area (Å²) in [4.78, 5) is 34.0. The fraction of sp³-hybridized carbons (Fsp3) is 0.429. The Morgan fingerprint density at radius 1 is 1.12 bits per heavy atom. The topological polar surface area (TPSA) is 80.0 Å². The zero-order valence-corrected chi connectivity index (χ0v) is 18.9. The predicted molar refractivity (Wildman–Crippen MR) is 115 cm³/mol. The summed E-state index contributed by atoms with van der Waals surface area (Å²) >= 11 is 1.36. The Morgan fingerprint density at radius 2 is 1.82 bits per heavy atom. The zero-order chi connectivity index (χ0) is 23.8. The van der Waals surface area contributed by atoms with Crippen molar-refractivity contribution in [3.63, 3.8) is 0 Å². The van der Waals surface area contributed by atoms with Gasteiger partial charge in [-0.3, -0.25) is 4.79 Å². The minimum atomic E-state index is -4.68. The number of halogens is 3. The van der Waals surface area contributed by atoms with Gasteiger partial charge < -0.3 is 14.5 Å². The van der Waals surface area contributed by atoms with Crippen LogP contribution in [0, 0.1) is 0 Å². The molecule has 0 unspecified atom stereocenters. The van der Waals surface area contributed by atoms with Crippen molar-refractivity contribution in [1.82, 2.24) is 24.4 Å². The van der Waals surface area contributed by atoms with Crippen molar-refractivity contribution in [1.29, 1.82) is 0 Å². The SMILES string of the molecule is CCOC(=O)N1CCN(C(=O)c2cnn3c(C(F)(F)F)cc(-c4ccc(CC)s4)nc23)CC1. The number of carbonyl (C=O) groups is 2. The number of piperazine rings is 1. The molecule has 0 aliphatic carbocycles. The first-order valence-electron chi connectivity index (χ1n) is 10.5. The van der Waals surface area contributed by atoms with Crippen LogP contribution in [0.2, 0.25) is 0 Å². The fourth-order valence-corrected chi connectivity index (χ4v) is 4.53. The molecule has 0 radical (unpaired) electrons. The van der Waals surface area contributed by atoms with E-state index in [1.165, 1.54) is 21.1 Å². The predicted octanol–water partition coefficient (Wildman–Crippen LogP) is 3.95. The summed E-state index contributed by atoms with van der Waals surface area (Å²) in [7, 11) is 0. The summed E-state index contributed by atoms with van der Waals surface area (Å²) in [5.74, 6) is -0.480. The van der Waals surface area contributed by atoms with E-state index in [-0.39, 0.29) is 49.7 Å². The van der Waals surface area contributed by atoms with Gasteiger partial charge >= 0.3 is 12.3 Å². The number of hydrogen-bond acceptors (Lipinski definition) is 6. The van der Waals surface area contributed by atoms with Gasteiger partial charge in [0.25, 0.3) is 5.91 Å². The number of rotatable bonds is 4. The van der Waals surface area contributed by atoms with Gasteiger partial charge in [0.05, 0.1) is 23.4 Å². The number of amides is 2. The fourth-order valence-electron chi connectivity index (χ4n) is 3.62. The standard InChI is InChI=1S/C21H22F3N5O3S/c1-3-13-5-6-16(33-13)15-11-17(21(22,23)24)29-18(26-15)14(12-25-29)19(30)27-7-9-28(10-8-27)20(31)32-4-2/h5-6,11-12H,3-4,7-10H2,1-2H3. The van der Waals surface area contributed by atoms with Crippen LogP contribution in [-0.4, -0.2) is 69.2 Å². The first-order chi connectivity index (χ1) is 15.7. The van der Waals surface area contributed by atoms with Crippen molar-refractivity contribution in [3.8, 4) is 10.6 Å². The van der Waals surface area contributed by atoms with Crippen LogP contribution in [0.25, 0.3) is 16.2 Å². The minimum absolute atomic E-state index is 0.0146. The normalized spacial score (nSPS) is 14.7. The number of thiophene rings is 1. The number of alkyl halides is 3. The van der Waals surface area contributed by atoms with E-state index in [1.807, 2.05) is 13.0 Å². The summed E-state index contributed by atoms with van der Waals surface area (Å²) in [5, 5.41) is 3.83. The molecule has 0 saturated carbocycles. The molecule has 2 amide bonds. The van der Waals surface area contributed by atoms with E-state index < -0.39 is 23.9 Å². The highest BCUT2D eigenvalue weighted by Crippen LogP contribution is 2.35. The molecule has 0 spiro atoms. The van der Waals surface area contributed by atoms with Gasteiger partial charge in [0.2, 0.25) is 0 Å². The van der Waals surface area contributed by atoms with Gasteiger partial charge in [-0.15, -0.1) is 11.3 Å². The Bertz CT molecular complexity index is 1180. The van der Waals surface area contributed by atoms with Gasteiger partial charge in [-0.2, -0.15) is 18.3 Å². The van der Waals surface area contributed by atoms with Gasteiger partial charge in [0.15, 0.2) is 11.3 Å². The van der Waals surface area contributed by atoms with Crippen LogP contribution < -0.4 is 0 Å². The van der Waals surface area contributed by atoms with Gasteiger partial charge in [-0.25, -0.2) is 14.3 Å². The Labute approximate surface area is 191 Å². The molecule has 0 aromatic carbocycles. The first-order valence-corrected chi connectivity index (χ1v) is 11.3. The number of aromatic nitrogens is 3. The Kier molecular flexibility index (Phi) is 6.28. The molecule has 1 saturated heterocycles. The van der Waals surface area contributed by atoms with Crippen molar-refractivity contribution in [2.75, 3.05) is 32.8 Å². The zero-order valence-electron chi connectivity index (χ0n) is 18.1. The van der Waals surface area contributed by atoms with Crippen LogP contribution in [0.15, 0.2) is 24.4 Å². The number of carbonyl (C=O) groups excluding carboxylic acids is 2. The van der Waals surface area contributed by atoms with Crippen molar-refractivity contribution in [2.24, 2.45) is 0 Å². The monoisotopic (exact) mass is 481 g/mol. The Hall–Kier alpha value is -3.15. The molecule has 3 aromatic rings. The lowest BCUT2D eigenvalue weighted by Crippen LogP contribution is -2.50. The van der Waals surface area contributed by atoms with Gasteiger partial charge in [0, 0.05) is 31.1 Å². The molecule has 4 heterocycles. The second-order valence-electron chi connectivity index (χ2n) is 7.42. The van der Waals surface area contributed by atoms with E-state index in [1.54, 1.807) is 13.0 Å². The maximum atomic E-state index is 13.8. The molecule has 0 N–H and O–H groups in total. The number of hydrogen-bond donors (Lipinski definition) is 0. The highest BCUT2D eigenvalue weighted by molar-refractivity contribution is 7.15. The van der Waals surface area contributed by atoms with Gasteiger partial charge in [-0.05, 0) is 31.5 Å². The number of nitrogens with zero attached hydrogens (tertiary/aromatic N) is 5. The van der Waals surface area contributed by atoms with Crippen LogP contribution in [0.4, 0.5) is 18.0 Å². The smallest absolute Gasteiger partial charge is 0.433 e. The minimum Gasteiger partial charge on any atom is -0.450 e. The molecule has 8 nitrogen and oxygen atoms in total. The largest absolute Gasteiger partial charge is 0.450 e. The third-order valence-electron chi connectivity index (χ3n) is 5.35. The quantitative estimate of drug-likeness (QED) is 0.564. The molecule has 1 fully saturated rings. The molecule has 33 heavy (non-hydrogen) atoms. The highest BCUT2D eigenvalue weighted by atomic mass is 32.1. The summed E-state index contributed by atoms with van der Waals surface area (Å²) in [5.41, 5.74) is -1.02. The molecule has 1 aliphatic heterocycles. The maximum Gasteiger partial charge on any atom is 0.433 e. The van der Waals surface area contributed by atoms with Gasteiger partial charge in [-0.1, -0.05) is 6.92 Å². The lowest BCUT2D eigenvalue weighted by atomic mass is 10.2. The van der Waals surface area contributed by atoms with E-state index in [2.05, 4.69) is 10.1 Å². The molecule has 12 heteroatoms. The Morgan fingerprint density at radius 3 is 2.42 bits per heavy atom. The summed E-state index contributed by atoms with van der Waals surface area (Å²) < 4.78 is 47.0. The highest BCUT2D eigenvalue weighted by Gasteiger charge is 2.37. The van der Waals surface area contributed by atoms with E-state index in [0.29, 0.717) is 9.39 Å². The van der Waals surface area contributed by atoms with Crippen molar-refractivity contribution in [3.05, 3.63) is 40.5 Å². The molecule has 176 valence electrons. The van der Waals surface area contributed by atoms with Crippen LogP contribution in [-0.2, 0) is 17.3 Å². The second-order valence-corrected chi connectivity index (χ2v) is 8.58. The summed E-state index contributed by atoms with van der Waals surface area (Å²) in [6.45, 7) is 4.91. The van der Waals surface area contributed by atoms with Crippen molar-refractivity contribution < 1.29 is 27.5 Å². The third-order valence-corrected chi connectivity index (χ3v) is 6.60. The van der Waals surface area contributed by atoms with Crippen LogP contribution in [0.1, 0.15) is 34.8 Å². The average Bonchev–Trinajstić information content (AvgIpc) is 3.44. The maximum absolute atomic E-state index is 13.8. The average molecular weight is 482 g/mol. The van der Waals surface area contributed by atoms with E-state index in [0.717, 1.165) is 23.6 Å². The molecule has 3 aromatic heterocycles. The second kappa shape index (κ2) is 9.00. The van der Waals surface area contributed by atoms with Crippen LogP contribution in [0.3, 0.4) is 0 Å². The van der Waals surface area contributed by atoms with Crippen molar-refractivity contribution >= 4 is 29.0 Å². The molecule has 0 atom stereocenters. The summed E-state index contributed by atoms with van der Waals surface area (Å²) in [6.07, 6.45) is -3.26. The Balaban J connectivity index is 1.68. The van der Waals surface area contributed by atoms with E-state index >= 15 is 0 Å². The molecule has 0 bridgehead atoms. The van der Waals surface area contributed by atoms with Crippen molar-refractivity contribution in [2.45, 2.75) is 26.4 Å². The molecular formula is C21H22F3N5O3S. The lowest BCUT2D eigenvalue weighted by Gasteiger charge is -2.33. The van der Waals surface area contributed by atoms with E-state index in [9.17, 15) is 22.8 Å². The number of aryl methyl sites for hydroxylation is 1. The van der Waals surface area contributed by atoms with Crippen LogP contribution >= 0.6 is 11.3 Å². The van der Waals surface area contributed by atoms with Crippen LogP contribution in [0.5, 0.6) is 0 Å². The van der Waals surface area contributed by atoms with Gasteiger partial charge in [0.1, 0.15) is 5.56 Å². The molecule has 1 aliphatic rings.